The number of hydrogen-bond donors (Lipinski definition) is 1. The molecule has 0 bridgehead atoms. The van der Waals surface area contributed by atoms with E-state index in [9.17, 15) is 4.79 Å². The maximum absolute atomic E-state index is 10.9. The van der Waals surface area contributed by atoms with Crippen LogP contribution in [0.3, 0.4) is 0 Å². The minimum atomic E-state index is -0.947. The van der Waals surface area contributed by atoms with E-state index in [-0.39, 0.29) is 5.56 Å². The van der Waals surface area contributed by atoms with Crippen LogP contribution in [0.5, 0.6) is 11.5 Å². The van der Waals surface area contributed by atoms with Crippen LogP contribution in [0.2, 0.25) is 0 Å². The zero-order valence-electron chi connectivity index (χ0n) is 16.7. The average Bonchev–Trinajstić information content (AvgIpc) is 2.73. The van der Waals surface area contributed by atoms with Crippen molar-refractivity contribution in [1.82, 2.24) is 0 Å². The van der Waals surface area contributed by atoms with E-state index in [2.05, 4.69) is 24.9 Å². The maximum Gasteiger partial charge on any atom is 0.335 e. The zero-order valence-corrected chi connectivity index (χ0v) is 16.7. The van der Waals surface area contributed by atoms with E-state index in [1.54, 1.807) is 37.6 Å². The highest BCUT2D eigenvalue weighted by Gasteiger charge is 2.07. The number of aliphatic imine (C=N–C) groups is 1. The topological polar surface area (TPSA) is 68.1 Å². The Kier molecular flexibility index (Phi) is 6.29. The maximum atomic E-state index is 10.9. The van der Waals surface area contributed by atoms with Crippen molar-refractivity contribution < 1.29 is 19.4 Å². The van der Waals surface area contributed by atoms with Gasteiger partial charge in [0.15, 0.2) is 11.5 Å². The number of nitrogens with zero attached hydrogens (tertiary/aromatic N) is 1. The Morgan fingerprint density at radius 2 is 1.79 bits per heavy atom. The van der Waals surface area contributed by atoms with Crippen molar-refractivity contribution in [2.75, 3.05) is 7.11 Å². The van der Waals surface area contributed by atoms with Gasteiger partial charge in [-0.05, 0) is 72.5 Å². The summed E-state index contributed by atoms with van der Waals surface area (Å²) in [5.74, 6) is 0.271. The molecule has 0 aliphatic rings. The van der Waals surface area contributed by atoms with Crippen LogP contribution in [0, 0.1) is 13.8 Å². The molecule has 3 aromatic carbocycles. The van der Waals surface area contributed by atoms with Crippen molar-refractivity contribution in [3.63, 3.8) is 0 Å². The van der Waals surface area contributed by atoms with Gasteiger partial charge >= 0.3 is 5.97 Å². The number of hydrogen-bond acceptors (Lipinski definition) is 4. The third-order valence-corrected chi connectivity index (χ3v) is 4.71. The summed E-state index contributed by atoms with van der Waals surface area (Å²) in [6.07, 6.45) is 1.80. The van der Waals surface area contributed by atoms with E-state index in [4.69, 9.17) is 14.6 Å². The summed E-state index contributed by atoms with van der Waals surface area (Å²) in [6, 6.07) is 18.3. The lowest BCUT2D eigenvalue weighted by Gasteiger charge is -2.11. The third-order valence-electron chi connectivity index (χ3n) is 4.71. The van der Waals surface area contributed by atoms with Crippen LogP contribution in [0.4, 0.5) is 5.69 Å². The molecule has 0 amide bonds. The van der Waals surface area contributed by atoms with Gasteiger partial charge in [-0.2, -0.15) is 0 Å². The van der Waals surface area contributed by atoms with E-state index >= 15 is 0 Å². The Bertz CT molecular complexity index is 1040. The quantitative estimate of drug-likeness (QED) is 0.554. The van der Waals surface area contributed by atoms with Gasteiger partial charge in [0.2, 0.25) is 0 Å². The highest BCUT2D eigenvalue weighted by Crippen LogP contribution is 2.29. The number of aryl methyl sites for hydroxylation is 1. The number of benzene rings is 3. The lowest BCUT2D eigenvalue weighted by molar-refractivity contribution is 0.0697. The van der Waals surface area contributed by atoms with Crippen LogP contribution in [0.1, 0.15) is 32.6 Å². The van der Waals surface area contributed by atoms with Crippen molar-refractivity contribution in [1.29, 1.82) is 0 Å². The fraction of sp³-hybridized carbons (Fsp3) is 0.167. The highest BCUT2D eigenvalue weighted by molar-refractivity contribution is 5.87. The van der Waals surface area contributed by atoms with Gasteiger partial charge in [-0.25, -0.2) is 4.79 Å². The van der Waals surface area contributed by atoms with Gasteiger partial charge in [-0.15, -0.1) is 0 Å². The number of aromatic carboxylic acids is 1. The molecule has 29 heavy (non-hydrogen) atoms. The molecule has 0 fully saturated rings. The SMILES string of the molecule is COc1cc(C=Nc2cccc(C)c2C)ccc1OCc1ccc(C(=O)O)cc1. The molecule has 3 aromatic rings. The Balaban J connectivity index is 1.72. The first-order chi connectivity index (χ1) is 14.0. The van der Waals surface area contributed by atoms with Gasteiger partial charge in [-0.3, -0.25) is 4.99 Å². The summed E-state index contributed by atoms with van der Waals surface area (Å²) >= 11 is 0. The molecule has 5 heteroatoms. The molecule has 1 N–H and O–H groups in total. The molecular formula is C24H23NO4. The van der Waals surface area contributed by atoms with E-state index in [1.165, 1.54) is 5.56 Å². The summed E-state index contributed by atoms with van der Waals surface area (Å²) in [4.78, 5) is 15.5. The predicted molar refractivity (Wildman–Crippen MR) is 114 cm³/mol. The van der Waals surface area contributed by atoms with Crippen molar-refractivity contribution in [3.05, 3.63) is 88.5 Å². The van der Waals surface area contributed by atoms with Gasteiger partial charge in [0.1, 0.15) is 6.61 Å². The van der Waals surface area contributed by atoms with Crippen molar-refractivity contribution in [2.45, 2.75) is 20.5 Å². The molecule has 0 atom stereocenters. The minimum Gasteiger partial charge on any atom is -0.493 e. The van der Waals surface area contributed by atoms with Crippen LogP contribution in [0.15, 0.2) is 65.7 Å². The van der Waals surface area contributed by atoms with Gasteiger partial charge in [0, 0.05) is 6.21 Å². The fourth-order valence-electron chi connectivity index (χ4n) is 2.81. The first-order valence-corrected chi connectivity index (χ1v) is 9.21. The molecule has 3 rings (SSSR count). The minimum absolute atomic E-state index is 0.249. The second-order valence-electron chi connectivity index (χ2n) is 6.68. The highest BCUT2D eigenvalue weighted by atomic mass is 16.5. The molecule has 0 aliphatic carbocycles. The molecule has 5 nitrogen and oxygen atoms in total. The Labute approximate surface area is 170 Å². The van der Waals surface area contributed by atoms with Crippen LogP contribution in [-0.4, -0.2) is 24.4 Å². The molecule has 0 spiro atoms. The lowest BCUT2D eigenvalue weighted by atomic mass is 10.1. The normalized spacial score (nSPS) is 10.9. The largest absolute Gasteiger partial charge is 0.493 e. The summed E-state index contributed by atoms with van der Waals surface area (Å²) in [6.45, 7) is 4.44. The Morgan fingerprint density at radius 1 is 1.03 bits per heavy atom. The number of methoxy groups -OCH3 is 1. The summed E-state index contributed by atoms with van der Waals surface area (Å²) in [7, 11) is 1.59. The Hall–Kier alpha value is -3.60. The second-order valence-corrected chi connectivity index (χ2v) is 6.68. The first-order valence-electron chi connectivity index (χ1n) is 9.21. The van der Waals surface area contributed by atoms with Crippen molar-refractivity contribution in [3.8, 4) is 11.5 Å². The van der Waals surface area contributed by atoms with E-state index in [0.29, 0.717) is 18.1 Å². The number of carboxylic acids is 1. The van der Waals surface area contributed by atoms with Gasteiger partial charge in [-0.1, -0.05) is 24.3 Å². The molecule has 148 valence electrons. The molecule has 0 unspecified atom stereocenters. The molecule has 0 radical (unpaired) electrons. The van der Waals surface area contributed by atoms with Crippen LogP contribution in [-0.2, 0) is 6.61 Å². The third kappa shape index (κ3) is 5.02. The van der Waals surface area contributed by atoms with Gasteiger partial charge < -0.3 is 14.6 Å². The molecule has 0 aliphatic heterocycles. The summed E-state index contributed by atoms with van der Waals surface area (Å²) in [5, 5.41) is 8.96. The second kappa shape index (κ2) is 9.06. The molecular weight excluding hydrogens is 366 g/mol. The number of rotatable bonds is 7. The van der Waals surface area contributed by atoms with Gasteiger partial charge in [0.25, 0.3) is 0 Å². The van der Waals surface area contributed by atoms with Gasteiger partial charge in [0.05, 0.1) is 18.4 Å². The summed E-state index contributed by atoms with van der Waals surface area (Å²) < 4.78 is 11.3. The van der Waals surface area contributed by atoms with Crippen LogP contribution in [0.25, 0.3) is 0 Å². The predicted octanol–water partition coefficient (Wildman–Crippen LogP) is 5.34. The van der Waals surface area contributed by atoms with Crippen molar-refractivity contribution in [2.24, 2.45) is 4.99 Å². The summed E-state index contributed by atoms with van der Waals surface area (Å²) in [5.41, 5.74) is 5.33. The molecule has 0 aromatic heterocycles. The van der Waals surface area contributed by atoms with E-state index < -0.39 is 5.97 Å². The number of carbonyl (C=O) groups is 1. The molecule has 0 saturated carbocycles. The smallest absolute Gasteiger partial charge is 0.335 e. The first kappa shape index (κ1) is 20.1. The Morgan fingerprint density at radius 3 is 2.48 bits per heavy atom. The molecule has 0 saturated heterocycles. The fourth-order valence-corrected chi connectivity index (χ4v) is 2.81. The zero-order chi connectivity index (χ0) is 20.8. The standard InChI is InChI=1S/C24H23NO4/c1-16-5-4-6-21(17(16)2)25-14-19-9-12-22(23(13-19)28-3)29-15-18-7-10-20(11-8-18)24(26)27/h4-14H,15H2,1-3H3,(H,26,27). The number of ether oxygens (including phenoxy) is 2. The monoisotopic (exact) mass is 389 g/mol. The lowest BCUT2D eigenvalue weighted by Crippen LogP contribution is -2.00. The number of carboxylic acid groups (broad SMARTS) is 1. The average molecular weight is 389 g/mol. The van der Waals surface area contributed by atoms with E-state index in [0.717, 1.165) is 22.4 Å². The van der Waals surface area contributed by atoms with E-state index in [1.807, 2.05) is 30.3 Å². The van der Waals surface area contributed by atoms with Crippen LogP contribution < -0.4 is 9.47 Å². The van der Waals surface area contributed by atoms with Crippen LogP contribution >= 0.6 is 0 Å². The van der Waals surface area contributed by atoms with Crippen molar-refractivity contribution >= 4 is 17.9 Å². The molecule has 0 heterocycles.